The van der Waals surface area contributed by atoms with Crippen LogP contribution < -0.4 is 10.6 Å². The molecule has 2 heterocycles. The molecular formula is C16H16N4O2. The average molecular weight is 296 g/mol. The Morgan fingerprint density at radius 2 is 2.14 bits per heavy atom. The van der Waals surface area contributed by atoms with E-state index in [0.29, 0.717) is 18.1 Å². The van der Waals surface area contributed by atoms with E-state index in [0.717, 1.165) is 17.1 Å². The second-order valence-electron chi connectivity index (χ2n) is 4.85. The predicted octanol–water partition coefficient (Wildman–Crippen LogP) is 3.18. The number of aryl methyl sites for hydroxylation is 1. The minimum absolute atomic E-state index is 0.225. The highest BCUT2D eigenvalue weighted by Gasteiger charge is 2.12. The first-order valence-corrected chi connectivity index (χ1v) is 6.90. The normalized spacial score (nSPS) is 10.4. The number of benzene rings is 1. The molecule has 0 unspecified atom stereocenters. The lowest BCUT2D eigenvalue weighted by atomic mass is 10.1. The van der Waals surface area contributed by atoms with Crippen molar-refractivity contribution in [3.63, 3.8) is 0 Å². The van der Waals surface area contributed by atoms with Crippen LogP contribution in [0.1, 0.15) is 21.8 Å². The number of hydrogen-bond acceptors (Lipinski definition) is 4. The van der Waals surface area contributed by atoms with Gasteiger partial charge in [-0.2, -0.15) is 0 Å². The van der Waals surface area contributed by atoms with Crippen molar-refractivity contribution in [2.24, 2.45) is 0 Å². The third kappa shape index (κ3) is 3.17. The lowest BCUT2D eigenvalue weighted by molar-refractivity contribution is 0.102. The summed E-state index contributed by atoms with van der Waals surface area (Å²) in [5.74, 6) is 1.01. The van der Waals surface area contributed by atoms with Gasteiger partial charge < -0.3 is 14.7 Å². The highest BCUT2D eigenvalue weighted by molar-refractivity contribution is 6.07. The molecular weight excluding hydrogens is 280 g/mol. The number of nitrogens with zero attached hydrogens (tertiary/aromatic N) is 1. The topological polar surface area (TPSA) is 82.9 Å². The number of carbonyl (C=O) groups excluding carboxylic acids is 1. The van der Waals surface area contributed by atoms with Crippen molar-refractivity contribution in [3.8, 4) is 0 Å². The second kappa shape index (κ2) is 6.17. The van der Waals surface area contributed by atoms with Crippen molar-refractivity contribution in [2.75, 3.05) is 10.6 Å². The fourth-order valence-electron chi connectivity index (χ4n) is 2.08. The molecule has 0 aliphatic heterocycles. The molecule has 0 radical (unpaired) electrons. The van der Waals surface area contributed by atoms with E-state index in [9.17, 15) is 4.79 Å². The van der Waals surface area contributed by atoms with Gasteiger partial charge in [0.1, 0.15) is 5.76 Å². The zero-order valence-corrected chi connectivity index (χ0v) is 12.1. The molecule has 22 heavy (non-hydrogen) atoms. The summed E-state index contributed by atoms with van der Waals surface area (Å²) < 4.78 is 5.28. The summed E-state index contributed by atoms with van der Waals surface area (Å²) in [6.45, 7) is 2.39. The Balaban J connectivity index is 1.73. The molecule has 0 atom stereocenters. The van der Waals surface area contributed by atoms with Crippen LogP contribution in [0, 0.1) is 6.92 Å². The summed E-state index contributed by atoms with van der Waals surface area (Å²) in [6.07, 6.45) is 3.28. The van der Waals surface area contributed by atoms with Gasteiger partial charge in [-0.25, -0.2) is 4.98 Å². The monoisotopic (exact) mass is 296 g/mol. The average Bonchev–Trinajstić information content (AvgIpc) is 3.17. The maximum Gasteiger partial charge on any atom is 0.260 e. The molecule has 0 bridgehead atoms. The largest absolute Gasteiger partial charge is 0.467 e. The van der Waals surface area contributed by atoms with Crippen LogP contribution in [-0.2, 0) is 6.54 Å². The fourth-order valence-corrected chi connectivity index (χ4v) is 2.08. The second-order valence-corrected chi connectivity index (χ2v) is 4.85. The molecule has 1 aromatic carbocycles. The highest BCUT2D eigenvalue weighted by Crippen LogP contribution is 2.17. The number of para-hydroxylation sites is 1. The molecule has 3 aromatic rings. The quantitative estimate of drug-likeness (QED) is 0.675. The van der Waals surface area contributed by atoms with Crippen molar-refractivity contribution < 1.29 is 9.21 Å². The van der Waals surface area contributed by atoms with Gasteiger partial charge in [0.15, 0.2) is 0 Å². The van der Waals surface area contributed by atoms with Gasteiger partial charge in [0, 0.05) is 17.6 Å². The molecule has 0 saturated carbocycles. The van der Waals surface area contributed by atoms with E-state index >= 15 is 0 Å². The number of anilines is 2. The summed E-state index contributed by atoms with van der Waals surface area (Å²) in [5.41, 5.74) is 2.17. The van der Waals surface area contributed by atoms with Crippen LogP contribution >= 0.6 is 0 Å². The maximum atomic E-state index is 12.4. The Hall–Kier alpha value is -3.02. The van der Waals surface area contributed by atoms with E-state index in [1.165, 1.54) is 0 Å². The number of amides is 1. The van der Waals surface area contributed by atoms with E-state index < -0.39 is 0 Å². The molecule has 1 amide bonds. The Labute approximate surface area is 127 Å². The molecule has 0 saturated heterocycles. The van der Waals surface area contributed by atoms with Gasteiger partial charge in [-0.3, -0.25) is 10.1 Å². The van der Waals surface area contributed by atoms with Gasteiger partial charge in [0.25, 0.3) is 5.91 Å². The molecule has 3 rings (SSSR count). The molecule has 0 spiro atoms. The van der Waals surface area contributed by atoms with Crippen LogP contribution in [0.4, 0.5) is 11.6 Å². The zero-order valence-electron chi connectivity index (χ0n) is 12.1. The minimum atomic E-state index is -0.225. The smallest absolute Gasteiger partial charge is 0.260 e. The van der Waals surface area contributed by atoms with Crippen LogP contribution in [0.15, 0.2) is 53.3 Å². The van der Waals surface area contributed by atoms with Gasteiger partial charge in [0.2, 0.25) is 5.95 Å². The van der Waals surface area contributed by atoms with Crippen molar-refractivity contribution in [3.05, 3.63) is 65.9 Å². The lowest BCUT2D eigenvalue weighted by Gasteiger charge is -2.10. The number of nitrogens with one attached hydrogen (secondary N) is 3. The molecule has 0 aliphatic carbocycles. The molecule has 0 aliphatic rings. The van der Waals surface area contributed by atoms with Crippen LogP contribution in [-0.4, -0.2) is 15.9 Å². The summed E-state index contributed by atoms with van der Waals surface area (Å²) in [4.78, 5) is 19.4. The number of furan rings is 1. The van der Waals surface area contributed by atoms with Crippen LogP contribution in [0.5, 0.6) is 0 Å². The number of rotatable bonds is 5. The van der Waals surface area contributed by atoms with Gasteiger partial charge in [-0.1, -0.05) is 12.1 Å². The molecule has 6 heteroatoms. The molecule has 112 valence electrons. The number of H-pyrrole nitrogens is 1. The van der Waals surface area contributed by atoms with Crippen molar-refractivity contribution in [1.29, 1.82) is 0 Å². The summed E-state index contributed by atoms with van der Waals surface area (Å²) in [7, 11) is 0. The Bertz CT molecular complexity index is 762. The number of aromatic amines is 1. The van der Waals surface area contributed by atoms with Crippen LogP contribution in [0.2, 0.25) is 0 Å². The van der Waals surface area contributed by atoms with E-state index in [4.69, 9.17) is 4.42 Å². The summed E-state index contributed by atoms with van der Waals surface area (Å²) >= 11 is 0. The molecule has 0 fully saturated rings. The predicted molar refractivity (Wildman–Crippen MR) is 83.8 cm³/mol. The third-order valence-corrected chi connectivity index (χ3v) is 3.14. The number of hydrogen-bond donors (Lipinski definition) is 3. The first-order chi connectivity index (χ1) is 10.7. The maximum absolute atomic E-state index is 12.4. The molecule has 6 nitrogen and oxygen atoms in total. The van der Waals surface area contributed by atoms with E-state index in [2.05, 4.69) is 20.6 Å². The van der Waals surface area contributed by atoms with Gasteiger partial charge in [-0.05, 0) is 31.2 Å². The summed E-state index contributed by atoms with van der Waals surface area (Å²) in [5, 5.41) is 5.95. The zero-order chi connectivity index (χ0) is 15.4. The van der Waals surface area contributed by atoms with Crippen molar-refractivity contribution in [2.45, 2.75) is 13.5 Å². The van der Waals surface area contributed by atoms with Crippen LogP contribution in [0.25, 0.3) is 0 Å². The third-order valence-electron chi connectivity index (χ3n) is 3.14. The van der Waals surface area contributed by atoms with Crippen molar-refractivity contribution in [1.82, 2.24) is 9.97 Å². The first kappa shape index (κ1) is 13.9. The number of carbonyl (C=O) groups is 1. The van der Waals surface area contributed by atoms with Crippen LogP contribution in [0.3, 0.4) is 0 Å². The highest BCUT2D eigenvalue weighted by atomic mass is 16.3. The summed E-state index contributed by atoms with van der Waals surface area (Å²) in [6, 6.07) is 11.0. The molecule has 3 N–H and O–H groups in total. The standard InChI is InChI=1S/C16H16N4O2/c1-11-9-18-16(19-11)20-15(21)13-6-2-3-7-14(13)17-10-12-5-4-8-22-12/h2-9,17H,10H2,1H3,(H2,18,19,20,21). The Morgan fingerprint density at radius 3 is 2.86 bits per heavy atom. The van der Waals surface area contributed by atoms with Gasteiger partial charge >= 0.3 is 0 Å². The lowest BCUT2D eigenvalue weighted by Crippen LogP contribution is -2.15. The number of imidazole rings is 1. The van der Waals surface area contributed by atoms with E-state index in [-0.39, 0.29) is 5.91 Å². The molecule has 2 aromatic heterocycles. The van der Waals surface area contributed by atoms with E-state index in [1.807, 2.05) is 37.3 Å². The Morgan fingerprint density at radius 1 is 1.27 bits per heavy atom. The first-order valence-electron chi connectivity index (χ1n) is 6.90. The van der Waals surface area contributed by atoms with Crippen molar-refractivity contribution >= 4 is 17.5 Å². The SMILES string of the molecule is Cc1cnc(NC(=O)c2ccccc2NCc2ccco2)[nH]1. The van der Waals surface area contributed by atoms with Gasteiger partial charge in [-0.15, -0.1) is 0 Å². The fraction of sp³-hybridized carbons (Fsp3) is 0.125. The minimum Gasteiger partial charge on any atom is -0.467 e. The van der Waals surface area contributed by atoms with Gasteiger partial charge in [0.05, 0.1) is 18.4 Å². The number of aromatic nitrogens is 2. The van der Waals surface area contributed by atoms with E-state index in [1.54, 1.807) is 18.5 Å². The Kier molecular flexibility index (Phi) is 3.91.